The van der Waals surface area contributed by atoms with Gasteiger partial charge in [-0.1, -0.05) is 6.07 Å². The Bertz CT molecular complexity index is 376. The van der Waals surface area contributed by atoms with E-state index < -0.39 is 0 Å². The van der Waals surface area contributed by atoms with Crippen LogP contribution in [0.2, 0.25) is 0 Å². The fraction of sp³-hybridized carbons (Fsp3) is 0.500. The summed E-state index contributed by atoms with van der Waals surface area (Å²) in [4.78, 5) is 3.60. The Morgan fingerprint density at radius 1 is 1.40 bits per heavy atom. The lowest BCUT2D eigenvalue weighted by molar-refractivity contribution is 0.413. The van der Waals surface area contributed by atoms with Gasteiger partial charge in [-0.15, -0.1) is 11.8 Å². The van der Waals surface area contributed by atoms with Crippen LogP contribution in [0.1, 0.15) is 13.8 Å². The molecule has 0 spiro atoms. The third-order valence-corrected chi connectivity index (χ3v) is 3.80. The van der Waals surface area contributed by atoms with Gasteiger partial charge in [0.25, 0.3) is 0 Å². The van der Waals surface area contributed by atoms with Gasteiger partial charge in [0.05, 0.1) is 12.8 Å². The molecule has 0 N–H and O–H groups in total. The molecule has 15 heavy (non-hydrogen) atoms. The minimum atomic E-state index is 0.272. The molecule has 1 heterocycles. The first-order valence-corrected chi connectivity index (χ1v) is 5.92. The highest BCUT2D eigenvalue weighted by molar-refractivity contribution is 8.00. The Kier molecular flexibility index (Phi) is 2.59. The monoisotopic (exact) mass is 223 g/mol. The van der Waals surface area contributed by atoms with Gasteiger partial charge < -0.3 is 9.64 Å². The van der Waals surface area contributed by atoms with Crippen molar-refractivity contribution in [2.75, 3.05) is 25.6 Å². The summed E-state index contributed by atoms with van der Waals surface area (Å²) in [6, 6.07) is 6.24. The van der Waals surface area contributed by atoms with Crippen molar-refractivity contribution in [2.45, 2.75) is 23.5 Å². The van der Waals surface area contributed by atoms with E-state index in [0.29, 0.717) is 0 Å². The minimum Gasteiger partial charge on any atom is -0.495 e. The molecule has 1 aliphatic heterocycles. The molecule has 3 heteroatoms. The van der Waals surface area contributed by atoms with Crippen LogP contribution in [-0.4, -0.2) is 25.4 Å². The highest BCUT2D eigenvalue weighted by atomic mass is 32.2. The molecule has 0 saturated heterocycles. The molecule has 0 bridgehead atoms. The van der Waals surface area contributed by atoms with Crippen molar-refractivity contribution in [3.8, 4) is 5.75 Å². The Balaban J connectivity index is 2.49. The van der Waals surface area contributed by atoms with Crippen LogP contribution in [-0.2, 0) is 0 Å². The van der Waals surface area contributed by atoms with Gasteiger partial charge in [0.15, 0.2) is 0 Å². The maximum atomic E-state index is 5.40. The summed E-state index contributed by atoms with van der Waals surface area (Å²) in [7, 11) is 3.86. The third kappa shape index (κ3) is 1.93. The number of methoxy groups -OCH3 is 1. The standard InChI is InChI=1S/C12H17NOS/c1-12(2)8-13(3)11-9(14-4)6-5-7-10(11)15-12/h5-7H,8H2,1-4H3. The first-order valence-electron chi connectivity index (χ1n) is 5.11. The van der Waals surface area contributed by atoms with Crippen molar-refractivity contribution in [2.24, 2.45) is 0 Å². The average molecular weight is 223 g/mol. The van der Waals surface area contributed by atoms with E-state index in [9.17, 15) is 0 Å². The van der Waals surface area contributed by atoms with Crippen molar-refractivity contribution in [3.63, 3.8) is 0 Å². The minimum absolute atomic E-state index is 0.272. The molecule has 82 valence electrons. The number of hydrogen-bond donors (Lipinski definition) is 0. The van der Waals surface area contributed by atoms with Crippen LogP contribution < -0.4 is 9.64 Å². The predicted octanol–water partition coefficient (Wildman–Crippen LogP) is 3.02. The third-order valence-electron chi connectivity index (χ3n) is 2.57. The lowest BCUT2D eigenvalue weighted by Gasteiger charge is -2.38. The molecule has 2 rings (SSSR count). The van der Waals surface area contributed by atoms with Crippen molar-refractivity contribution >= 4 is 17.4 Å². The van der Waals surface area contributed by atoms with E-state index in [2.05, 4.69) is 37.9 Å². The zero-order chi connectivity index (χ0) is 11.1. The van der Waals surface area contributed by atoms with Crippen LogP contribution >= 0.6 is 11.8 Å². The van der Waals surface area contributed by atoms with Gasteiger partial charge in [0.1, 0.15) is 5.75 Å². The molecular weight excluding hydrogens is 206 g/mol. The molecule has 0 unspecified atom stereocenters. The van der Waals surface area contributed by atoms with E-state index in [1.54, 1.807) is 7.11 Å². The summed E-state index contributed by atoms with van der Waals surface area (Å²) in [6.07, 6.45) is 0. The average Bonchev–Trinajstić information content (AvgIpc) is 2.14. The fourth-order valence-electron chi connectivity index (χ4n) is 2.11. The number of rotatable bonds is 1. The summed E-state index contributed by atoms with van der Waals surface area (Å²) in [5.41, 5.74) is 1.23. The van der Waals surface area contributed by atoms with Crippen LogP contribution in [0, 0.1) is 0 Å². The van der Waals surface area contributed by atoms with E-state index in [1.165, 1.54) is 10.6 Å². The van der Waals surface area contributed by atoms with E-state index in [-0.39, 0.29) is 4.75 Å². The van der Waals surface area contributed by atoms with Gasteiger partial charge in [-0.05, 0) is 26.0 Å². The van der Waals surface area contributed by atoms with Crippen LogP contribution in [0.15, 0.2) is 23.1 Å². The van der Waals surface area contributed by atoms with Gasteiger partial charge in [0.2, 0.25) is 0 Å². The molecule has 0 fully saturated rings. The Morgan fingerprint density at radius 3 is 2.80 bits per heavy atom. The number of thioether (sulfide) groups is 1. The molecule has 1 aromatic rings. The van der Waals surface area contributed by atoms with Gasteiger partial charge in [-0.2, -0.15) is 0 Å². The number of nitrogens with zero attached hydrogens (tertiary/aromatic N) is 1. The summed E-state index contributed by atoms with van der Waals surface area (Å²) >= 11 is 1.93. The second-order valence-electron chi connectivity index (χ2n) is 4.52. The smallest absolute Gasteiger partial charge is 0.143 e. The number of ether oxygens (including phenoxy) is 1. The van der Waals surface area contributed by atoms with E-state index in [4.69, 9.17) is 4.74 Å². The Morgan fingerprint density at radius 2 is 2.13 bits per heavy atom. The number of hydrogen-bond acceptors (Lipinski definition) is 3. The molecule has 0 atom stereocenters. The second-order valence-corrected chi connectivity index (χ2v) is 6.27. The van der Waals surface area contributed by atoms with Gasteiger partial charge in [-0.25, -0.2) is 0 Å². The number of benzene rings is 1. The fourth-order valence-corrected chi connectivity index (χ4v) is 3.46. The van der Waals surface area contributed by atoms with Crippen LogP contribution in [0.4, 0.5) is 5.69 Å². The van der Waals surface area contributed by atoms with E-state index >= 15 is 0 Å². The molecule has 0 aromatic heterocycles. The van der Waals surface area contributed by atoms with Crippen molar-refractivity contribution < 1.29 is 4.74 Å². The molecular formula is C12H17NOS. The predicted molar refractivity (Wildman–Crippen MR) is 66.2 cm³/mol. The summed E-state index contributed by atoms with van der Waals surface area (Å²) < 4.78 is 5.67. The largest absolute Gasteiger partial charge is 0.495 e. The molecule has 0 amide bonds. The Hall–Kier alpha value is -0.830. The molecule has 0 aliphatic carbocycles. The SMILES string of the molecule is COc1cccc2c1N(C)CC(C)(C)S2. The molecule has 0 saturated carbocycles. The van der Waals surface area contributed by atoms with Crippen LogP contribution in [0.25, 0.3) is 0 Å². The Labute approximate surface area is 95.6 Å². The van der Waals surface area contributed by atoms with Crippen molar-refractivity contribution in [1.29, 1.82) is 0 Å². The van der Waals surface area contributed by atoms with Crippen LogP contribution in [0.3, 0.4) is 0 Å². The van der Waals surface area contributed by atoms with Crippen molar-refractivity contribution in [3.05, 3.63) is 18.2 Å². The van der Waals surface area contributed by atoms with Gasteiger partial charge >= 0.3 is 0 Å². The highest BCUT2D eigenvalue weighted by Crippen LogP contribution is 2.47. The van der Waals surface area contributed by atoms with Crippen LogP contribution in [0.5, 0.6) is 5.75 Å². The first kappa shape index (κ1) is 10.7. The topological polar surface area (TPSA) is 12.5 Å². The zero-order valence-corrected chi connectivity index (χ0v) is 10.5. The molecule has 2 nitrogen and oxygen atoms in total. The molecule has 0 radical (unpaired) electrons. The number of fused-ring (bicyclic) bond motifs is 1. The highest BCUT2D eigenvalue weighted by Gasteiger charge is 2.30. The lowest BCUT2D eigenvalue weighted by Crippen LogP contribution is -2.37. The summed E-state index contributed by atoms with van der Waals surface area (Å²) in [5, 5.41) is 0. The molecule has 1 aliphatic rings. The molecule has 1 aromatic carbocycles. The first-order chi connectivity index (χ1) is 7.03. The van der Waals surface area contributed by atoms with E-state index in [0.717, 1.165) is 12.3 Å². The maximum absolute atomic E-state index is 5.40. The summed E-state index contributed by atoms with van der Waals surface area (Å²) in [5.74, 6) is 0.970. The normalized spacial score (nSPS) is 18.5. The zero-order valence-electron chi connectivity index (χ0n) is 9.70. The number of para-hydroxylation sites is 1. The van der Waals surface area contributed by atoms with Crippen molar-refractivity contribution in [1.82, 2.24) is 0 Å². The van der Waals surface area contributed by atoms with Gasteiger partial charge in [0, 0.05) is 23.2 Å². The van der Waals surface area contributed by atoms with E-state index in [1.807, 2.05) is 17.8 Å². The number of anilines is 1. The second kappa shape index (κ2) is 3.63. The maximum Gasteiger partial charge on any atom is 0.143 e. The summed E-state index contributed by atoms with van der Waals surface area (Å²) in [6.45, 7) is 5.60. The van der Waals surface area contributed by atoms with Gasteiger partial charge in [-0.3, -0.25) is 0 Å². The lowest BCUT2D eigenvalue weighted by atomic mass is 10.1. The quantitative estimate of drug-likeness (QED) is 0.726.